The third kappa shape index (κ3) is 10.00. The van der Waals surface area contributed by atoms with E-state index < -0.39 is 7.25 Å². The van der Waals surface area contributed by atoms with Gasteiger partial charge in [0, 0.05) is 14.0 Å². The normalized spacial score (nSPS) is 14.2. The van der Waals surface area contributed by atoms with E-state index in [4.69, 9.17) is 4.74 Å². The molecule has 1 unspecified atom stereocenters. The second-order valence-electron chi connectivity index (χ2n) is 3.44. The molecule has 0 N–H and O–H groups in total. The van der Waals surface area contributed by atoms with E-state index in [1.54, 1.807) is 7.11 Å². The van der Waals surface area contributed by atoms with Crippen LogP contribution in [0.25, 0.3) is 0 Å². The molecule has 2 nitrogen and oxygen atoms in total. The maximum atomic E-state index is 9.75. The Morgan fingerprint density at radius 2 is 1.40 bits per heavy atom. The van der Waals surface area contributed by atoms with E-state index in [0.29, 0.717) is 6.23 Å². The second kappa shape index (κ2) is 7.06. The molecule has 0 aliphatic rings. The third-order valence-corrected chi connectivity index (χ3v) is 2.66. The Bertz CT molecular complexity index is 155. The van der Waals surface area contributed by atoms with Crippen molar-refractivity contribution in [3.8, 4) is 0 Å². The van der Waals surface area contributed by atoms with Crippen molar-refractivity contribution < 1.29 is 26.5 Å². The van der Waals surface area contributed by atoms with E-state index in [-0.39, 0.29) is 0 Å². The molecule has 0 bridgehead atoms. The summed E-state index contributed by atoms with van der Waals surface area (Å²) in [5.74, 6) is 0. The average Bonchev–Trinajstić information content (AvgIpc) is 2.12. The van der Waals surface area contributed by atoms with Gasteiger partial charge in [-0.1, -0.05) is 0 Å². The van der Waals surface area contributed by atoms with Crippen LogP contribution in [0, 0.1) is 0 Å². The van der Waals surface area contributed by atoms with Crippen LogP contribution in [-0.2, 0) is 4.74 Å². The van der Waals surface area contributed by atoms with Crippen LogP contribution in [0.15, 0.2) is 0 Å². The van der Waals surface area contributed by atoms with Gasteiger partial charge in [0.1, 0.15) is 0 Å². The predicted molar refractivity (Wildman–Crippen MR) is 53.9 cm³/mol. The van der Waals surface area contributed by atoms with Gasteiger partial charge in [-0.2, -0.15) is 0 Å². The Morgan fingerprint density at radius 3 is 1.47 bits per heavy atom. The first kappa shape index (κ1) is 17.1. The van der Waals surface area contributed by atoms with Gasteiger partial charge >= 0.3 is 7.25 Å². The van der Waals surface area contributed by atoms with Gasteiger partial charge in [-0.05, 0) is 13.8 Å². The van der Waals surface area contributed by atoms with Crippen LogP contribution in [0.5, 0.6) is 0 Å². The van der Waals surface area contributed by atoms with Crippen LogP contribution < -0.4 is 0 Å². The van der Waals surface area contributed by atoms with Gasteiger partial charge in [0.05, 0.1) is 20.1 Å². The molecule has 0 aromatic heterocycles. The molecule has 0 aliphatic carbocycles. The maximum absolute atomic E-state index is 9.75. The standard InChI is InChI=1S/C8H20NO.BF4/c1-6-9(4,7-2)8(3)10-5;2-1(3,4)5/h8H,6-7H2,1-5H3;/q+1;-1. The molecule has 0 heterocycles. The summed E-state index contributed by atoms with van der Waals surface area (Å²) >= 11 is 0. The average molecular weight is 233 g/mol. The summed E-state index contributed by atoms with van der Waals surface area (Å²) in [6.45, 7) is 8.77. The topological polar surface area (TPSA) is 9.23 Å². The Labute approximate surface area is 88.9 Å². The first-order valence-corrected chi connectivity index (χ1v) is 4.85. The van der Waals surface area contributed by atoms with Crippen LogP contribution in [-0.4, -0.2) is 45.2 Å². The van der Waals surface area contributed by atoms with Crippen molar-refractivity contribution in [3.63, 3.8) is 0 Å². The van der Waals surface area contributed by atoms with Crippen molar-refractivity contribution in [2.75, 3.05) is 27.2 Å². The third-order valence-electron chi connectivity index (χ3n) is 2.66. The first-order chi connectivity index (χ1) is 6.60. The summed E-state index contributed by atoms with van der Waals surface area (Å²) in [5.41, 5.74) is 0. The largest absolute Gasteiger partial charge is 0.673 e. The lowest BCUT2D eigenvalue weighted by Crippen LogP contribution is -2.51. The molecule has 15 heavy (non-hydrogen) atoms. The molecule has 0 amide bonds. The highest BCUT2D eigenvalue weighted by molar-refractivity contribution is 6.50. The molecule has 0 aromatic carbocycles. The summed E-state index contributed by atoms with van der Waals surface area (Å²) in [6.07, 6.45) is 0.315. The van der Waals surface area contributed by atoms with E-state index in [0.717, 1.165) is 17.6 Å². The van der Waals surface area contributed by atoms with Crippen molar-refractivity contribution in [3.05, 3.63) is 0 Å². The van der Waals surface area contributed by atoms with Crippen molar-refractivity contribution in [1.29, 1.82) is 0 Å². The van der Waals surface area contributed by atoms with Crippen LogP contribution >= 0.6 is 0 Å². The minimum atomic E-state index is -6.00. The molecule has 0 saturated carbocycles. The highest BCUT2D eigenvalue weighted by atomic mass is 19.5. The lowest BCUT2D eigenvalue weighted by atomic mass is 10.3. The number of nitrogens with zero attached hydrogens (tertiary/aromatic N) is 1. The molecule has 1 atom stereocenters. The number of quaternary nitrogens is 1. The smallest absolute Gasteiger partial charge is 0.418 e. The lowest BCUT2D eigenvalue weighted by Gasteiger charge is -2.36. The zero-order chi connectivity index (χ0) is 12.7. The summed E-state index contributed by atoms with van der Waals surface area (Å²) < 4.78 is 45.3. The number of halogens is 4. The van der Waals surface area contributed by atoms with Crippen molar-refractivity contribution in [2.45, 2.75) is 27.0 Å². The van der Waals surface area contributed by atoms with Gasteiger partial charge in [0.25, 0.3) is 0 Å². The Morgan fingerprint density at radius 1 is 1.13 bits per heavy atom. The number of rotatable bonds is 4. The highest BCUT2D eigenvalue weighted by Gasteiger charge is 2.24. The Kier molecular flexibility index (Phi) is 8.05. The number of hydrogen-bond donors (Lipinski definition) is 0. The van der Waals surface area contributed by atoms with Crippen LogP contribution in [0.2, 0.25) is 0 Å². The lowest BCUT2D eigenvalue weighted by molar-refractivity contribution is -0.949. The quantitative estimate of drug-likeness (QED) is 0.314. The van der Waals surface area contributed by atoms with E-state index in [2.05, 4.69) is 27.8 Å². The molecule has 0 spiro atoms. The van der Waals surface area contributed by atoms with Crippen LogP contribution in [0.3, 0.4) is 0 Å². The molecule has 0 saturated heterocycles. The van der Waals surface area contributed by atoms with Gasteiger partial charge in [-0.25, -0.2) is 0 Å². The van der Waals surface area contributed by atoms with Crippen LogP contribution in [0.4, 0.5) is 17.3 Å². The van der Waals surface area contributed by atoms with Crippen molar-refractivity contribution >= 4 is 7.25 Å². The Balaban J connectivity index is 0. The van der Waals surface area contributed by atoms with Crippen molar-refractivity contribution in [1.82, 2.24) is 0 Å². The SMILES string of the molecule is CC[N+](C)(CC)C(C)OC.F[B-](F)(F)F. The predicted octanol–water partition coefficient (Wildman–Crippen LogP) is 2.77. The van der Waals surface area contributed by atoms with E-state index in [9.17, 15) is 17.3 Å². The zero-order valence-electron chi connectivity index (χ0n) is 9.94. The molecule has 0 rings (SSSR count). The minimum absolute atomic E-state index is 0.315. The molecule has 0 fully saturated rings. The molecular weight excluding hydrogens is 213 g/mol. The molecular formula is C8H20BF4NO. The van der Waals surface area contributed by atoms with Gasteiger partial charge in [-0.15, -0.1) is 0 Å². The second-order valence-corrected chi connectivity index (χ2v) is 3.44. The van der Waals surface area contributed by atoms with Gasteiger partial charge < -0.3 is 26.5 Å². The molecule has 7 heteroatoms. The highest BCUT2D eigenvalue weighted by Crippen LogP contribution is 2.09. The first-order valence-electron chi connectivity index (χ1n) is 4.85. The maximum Gasteiger partial charge on any atom is 0.673 e. The summed E-state index contributed by atoms with van der Waals surface area (Å²) in [5, 5.41) is 0. The van der Waals surface area contributed by atoms with Gasteiger partial charge in [-0.3, -0.25) is 0 Å². The zero-order valence-corrected chi connectivity index (χ0v) is 9.94. The molecule has 0 radical (unpaired) electrons. The monoisotopic (exact) mass is 233 g/mol. The fraction of sp³-hybridized carbons (Fsp3) is 1.00. The van der Waals surface area contributed by atoms with Gasteiger partial charge in [0.2, 0.25) is 0 Å². The number of ether oxygens (including phenoxy) is 1. The minimum Gasteiger partial charge on any atom is -0.418 e. The van der Waals surface area contributed by atoms with Crippen LogP contribution in [0.1, 0.15) is 20.8 Å². The molecule has 94 valence electrons. The summed E-state index contributed by atoms with van der Waals surface area (Å²) in [4.78, 5) is 0. The van der Waals surface area contributed by atoms with Crippen molar-refractivity contribution in [2.24, 2.45) is 0 Å². The summed E-state index contributed by atoms with van der Waals surface area (Å²) in [7, 11) is -2.01. The number of hydrogen-bond acceptors (Lipinski definition) is 1. The van der Waals surface area contributed by atoms with Gasteiger partial charge in [0.15, 0.2) is 6.23 Å². The molecule has 0 aliphatic heterocycles. The van der Waals surface area contributed by atoms with E-state index in [1.165, 1.54) is 0 Å². The number of methoxy groups -OCH3 is 1. The molecule has 0 aromatic rings. The van der Waals surface area contributed by atoms with E-state index >= 15 is 0 Å². The Hall–Kier alpha value is -0.295. The van der Waals surface area contributed by atoms with E-state index in [1.807, 2.05) is 0 Å². The summed E-state index contributed by atoms with van der Waals surface area (Å²) in [6, 6.07) is 0. The fourth-order valence-corrected chi connectivity index (χ4v) is 0.992. The fourth-order valence-electron chi connectivity index (χ4n) is 0.992.